The monoisotopic (exact) mass is 303 g/mol. The Labute approximate surface area is 129 Å². The van der Waals surface area contributed by atoms with E-state index in [2.05, 4.69) is 12.2 Å². The van der Waals surface area contributed by atoms with E-state index in [1.807, 2.05) is 19.1 Å². The van der Waals surface area contributed by atoms with E-state index in [4.69, 9.17) is 16.3 Å². The van der Waals surface area contributed by atoms with E-state index >= 15 is 0 Å². The van der Waals surface area contributed by atoms with Crippen LogP contribution >= 0.6 is 11.6 Å². The van der Waals surface area contributed by atoms with Gasteiger partial charge in [0.25, 0.3) is 5.91 Å². The van der Waals surface area contributed by atoms with E-state index < -0.39 is 0 Å². The molecule has 2 rings (SSSR count). The molecule has 0 saturated carbocycles. The highest BCUT2D eigenvalue weighted by atomic mass is 35.5. The molecule has 1 unspecified atom stereocenters. The summed E-state index contributed by atoms with van der Waals surface area (Å²) in [5.74, 6) is 0.567. The fourth-order valence-corrected chi connectivity index (χ4v) is 1.94. The number of benzene rings is 2. The average molecular weight is 304 g/mol. The largest absolute Gasteiger partial charge is 0.491 e. The van der Waals surface area contributed by atoms with Crippen LogP contribution in [0.25, 0.3) is 0 Å². The molecule has 1 atom stereocenters. The summed E-state index contributed by atoms with van der Waals surface area (Å²) < 4.78 is 5.68. The molecule has 0 aromatic heterocycles. The first-order valence-electron chi connectivity index (χ1n) is 6.92. The van der Waals surface area contributed by atoms with Gasteiger partial charge in [0.1, 0.15) is 5.75 Å². The SMILES string of the molecule is CCC(C)Oc1ccc(C(=O)Nc2ccccc2Cl)cc1. The third-order valence-electron chi connectivity index (χ3n) is 3.15. The summed E-state index contributed by atoms with van der Waals surface area (Å²) in [4.78, 5) is 12.1. The zero-order valence-corrected chi connectivity index (χ0v) is 12.9. The van der Waals surface area contributed by atoms with E-state index in [-0.39, 0.29) is 12.0 Å². The zero-order valence-electron chi connectivity index (χ0n) is 12.1. The van der Waals surface area contributed by atoms with Gasteiger partial charge in [0.15, 0.2) is 0 Å². The Morgan fingerprint density at radius 3 is 2.48 bits per heavy atom. The number of rotatable bonds is 5. The van der Waals surface area contributed by atoms with Gasteiger partial charge in [-0.05, 0) is 49.7 Å². The van der Waals surface area contributed by atoms with Crippen LogP contribution in [0, 0.1) is 0 Å². The number of anilines is 1. The van der Waals surface area contributed by atoms with Gasteiger partial charge in [-0.25, -0.2) is 0 Å². The Hall–Kier alpha value is -2.00. The number of nitrogens with one attached hydrogen (secondary N) is 1. The highest BCUT2D eigenvalue weighted by molar-refractivity contribution is 6.33. The molecule has 0 fully saturated rings. The number of halogens is 1. The highest BCUT2D eigenvalue weighted by Crippen LogP contribution is 2.22. The van der Waals surface area contributed by atoms with Crippen LogP contribution in [0.3, 0.4) is 0 Å². The van der Waals surface area contributed by atoms with Crippen molar-refractivity contribution in [2.45, 2.75) is 26.4 Å². The van der Waals surface area contributed by atoms with E-state index in [1.54, 1.807) is 36.4 Å². The average Bonchev–Trinajstić information content (AvgIpc) is 2.50. The molecule has 21 heavy (non-hydrogen) atoms. The number of hydrogen-bond acceptors (Lipinski definition) is 2. The number of hydrogen-bond donors (Lipinski definition) is 1. The minimum Gasteiger partial charge on any atom is -0.491 e. The lowest BCUT2D eigenvalue weighted by Gasteiger charge is -2.13. The lowest BCUT2D eigenvalue weighted by molar-refractivity contribution is 0.102. The van der Waals surface area contributed by atoms with Crippen molar-refractivity contribution >= 4 is 23.2 Å². The smallest absolute Gasteiger partial charge is 0.255 e. The molecule has 2 aromatic carbocycles. The summed E-state index contributed by atoms with van der Waals surface area (Å²) in [6, 6.07) is 14.2. The maximum absolute atomic E-state index is 12.1. The fourth-order valence-electron chi connectivity index (χ4n) is 1.76. The molecular weight excluding hydrogens is 286 g/mol. The van der Waals surface area contributed by atoms with Crippen LogP contribution in [0.5, 0.6) is 5.75 Å². The second-order valence-corrected chi connectivity index (χ2v) is 5.20. The van der Waals surface area contributed by atoms with Crippen molar-refractivity contribution < 1.29 is 9.53 Å². The van der Waals surface area contributed by atoms with Gasteiger partial charge in [0.2, 0.25) is 0 Å². The molecule has 0 aliphatic heterocycles. The maximum Gasteiger partial charge on any atom is 0.255 e. The van der Waals surface area contributed by atoms with Gasteiger partial charge in [-0.1, -0.05) is 30.7 Å². The van der Waals surface area contributed by atoms with E-state index in [0.29, 0.717) is 16.3 Å². The predicted molar refractivity (Wildman–Crippen MR) is 86.2 cm³/mol. The zero-order chi connectivity index (χ0) is 15.2. The van der Waals surface area contributed by atoms with Gasteiger partial charge < -0.3 is 10.1 Å². The predicted octanol–water partition coefficient (Wildman–Crippen LogP) is 4.77. The summed E-state index contributed by atoms with van der Waals surface area (Å²) in [6.45, 7) is 4.08. The Morgan fingerprint density at radius 1 is 1.19 bits per heavy atom. The number of ether oxygens (including phenoxy) is 1. The summed E-state index contributed by atoms with van der Waals surface area (Å²) in [5.41, 5.74) is 1.16. The van der Waals surface area contributed by atoms with Crippen molar-refractivity contribution in [1.82, 2.24) is 0 Å². The van der Waals surface area contributed by atoms with Crippen LogP contribution in [0.15, 0.2) is 48.5 Å². The Kier molecular flexibility index (Phi) is 5.23. The lowest BCUT2D eigenvalue weighted by atomic mass is 10.2. The second-order valence-electron chi connectivity index (χ2n) is 4.80. The molecule has 0 spiro atoms. The number of amides is 1. The molecule has 0 radical (unpaired) electrons. The van der Waals surface area contributed by atoms with Gasteiger partial charge in [-0.15, -0.1) is 0 Å². The summed E-state index contributed by atoms with van der Waals surface area (Å²) >= 11 is 6.02. The van der Waals surface area contributed by atoms with Crippen LogP contribution < -0.4 is 10.1 Å². The topological polar surface area (TPSA) is 38.3 Å². The molecule has 2 aromatic rings. The molecule has 0 saturated heterocycles. The van der Waals surface area contributed by atoms with Crippen molar-refractivity contribution in [3.8, 4) is 5.75 Å². The first-order valence-corrected chi connectivity index (χ1v) is 7.30. The molecule has 4 heteroatoms. The van der Waals surface area contributed by atoms with Gasteiger partial charge in [0.05, 0.1) is 16.8 Å². The van der Waals surface area contributed by atoms with E-state index in [0.717, 1.165) is 12.2 Å². The summed E-state index contributed by atoms with van der Waals surface area (Å²) in [7, 11) is 0. The minimum absolute atomic E-state index is 0.160. The van der Waals surface area contributed by atoms with Gasteiger partial charge in [-0.2, -0.15) is 0 Å². The molecule has 0 heterocycles. The first kappa shape index (κ1) is 15.4. The standard InChI is InChI=1S/C17H18ClNO2/c1-3-12(2)21-14-10-8-13(9-11-14)17(20)19-16-7-5-4-6-15(16)18/h4-12H,3H2,1-2H3,(H,19,20). The Morgan fingerprint density at radius 2 is 1.86 bits per heavy atom. The van der Waals surface area contributed by atoms with Gasteiger partial charge in [-0.3, -0.25) is 4.79 Å². The molecule has 110 valence electrons. The Bertz CT molecular complexity index is 610. The first-order chi connectivity index (χ1) is 10.1. The molecule has 1 N–H and O–H groups in total. The maximum atomic E-state index is 12.1. The number of para-hydroxylation sites is 1. The van der Waals surface area contributed by atoms with E-state index in [9.17, 15) is 4.79 Å². The van der Waals surface area contributed by atoms with Gasteiger partial charge in [0, 0.05) is 5.56 Å². The number of carbonyl (C=O) groups is 1. The summed E-state index contributed by atoms with van der Waals surface area (Å²) in [5, 5.41) is 3.30. The third kappa shape index (κ3) is 4.23. The van der Waals surface area contributed by atoms with Crippen LogP contribution in [-0.2, 0) is 0 Å². The highest BCUT2D eigenvalue weighted by Gasteiger charge is 2.09. The normalized spacial score (nSPS) is 11.8. The van der Waals surface area contributed by atoms with Crippen molar-refractivity contribution in [3.05, 3.63) is 59.1 Å². The van der Waals surface area contributed by atoms with Crippen LogP contribution in [0.4, 0.5) is 5.69 Å². The quantitative estimate of drug-likeness (QED) is 0.864. The number of carbonyl (C=O) groups excluding carboxylic acids is 1. The lowest BCUT2D eigenvalue weighted by Crippen LogP contribution is -2.13. The fraction of sp³-hybridized carbons (Fsp3) is 0.235. The van der Waals surface area contributed by atoms with Crippen molar-refractivity contribution in [2.75, 3.05) is 5.32 Å². The third-order valence-corrected chi connectivity index (χ3v) is 3.48. The molecule has 1 amide bonds. The molecule has 0 aliphatic rings. The van der Waals surface area contributed by atoms with Crippen LogP contribution in [0.1, 0.15) is 30.6 Å². The van der Waals surface area contributed by atoms with Gasteiger partial charge >= 0.3 is 0 Å². The molecule has 0 aliphatic carbocycles. The molecule has 0 bridgehead atoms. The Balaban J connectivity index is 2.05. The second kappa shape index (κ2) is 7.14. The van der Waals surface area contributed by atoms with Crippen molar-refractivity contribution in [1.29, 1.82) is 0 Å². The van der Waals surface area contributed by atoms with Crippen molar-refractivity contribution in [2.24, 2.45) is 0 Å². The van der Waals surface area contributed by atoms with E-state index in [1.165, 1.54) is 0 Å². The molecule has 3 nitrogen and oxygen atoms in total. The van der Waals surface area contributed by atoms with Crippen molar-refractivity contribution in [3.63, 3.8) is 0 Å². The van der Waals surface area contributed by atoms with Crippen LogP contribution in [-0.4, -0.2) is 12.0 Å². The van der Waals surface area contributed by atoms with Crippen LogP contribution in [0.2, 0.25) is 5.02 Å². The minimum atomic E-state index is -0.196. The summed E-state index contributed by atoms with van der Waals surface area (Å²) in [6.07, 6.45) is 1.10. The molecular formula is C17H18ClNO2.